The average Bonchev–Trinajstić information content (AvgIpc) is 2.70. The highest BCUT2D eigenvalue weighted by Crippen LogP contribution is 2.36. The van der Waals surface area contributed by atoms with E-state index in [-0.39, 0.29) is 54.5 Å². The third kappa shape index (κ3) is 6.09. The summed E-state index contributed by atoms with van der Waals surface area (Å²) in [6, 6.07) is 8.48. The standard InChI is InChI=1S/C24H29NO6/c1-14-8-15(2)24(30)18(9-14)20(10-16-11-21(27)25-22(28)12-16)31-23(29)13-19(26)17-6-4-3-5-7-17/h3-7,14-16,18,20H,8-13H2,1-2H3,(H,25,27,28)/t14-,15+,18-,20+/m1/s1. The highest BCUT2D eigenvalue weighted by atomic mass is 16.5. The molecule has 0 aromatic heterocycles. The van der Waals surface area contributed by atoms with Crippen LogP contribution in [0.2, 0.25) is 0 Å². The molecule has 1 heterocycles. The Hall–Kier alpha value is -2.83. The average molecular weight is 427 g/mol. The molecule has 31 heavy (non-hydrogen) atoms. The Morgan fingerprint density at radius 3 is 2.32 bits per heavy atom. The number of Topliss-reactive ketones (excluding diaryl/α,β-unsaturated/α-hetero) is 2. The zero-order valence-electron chi connectivity index (χ0n) is 18.0. The van der Waals surface area contributed by atoms with Crippen LogP contribution in [0.25, 0.3) is 0 Å². The third-order valence-corrected chi connectivity index (χ3v) is 6.19. The van der Waals surface area contributed by atoms with Crippen LogP contribution >= 0.6 is 0 Å². The second kappa shape index (κ2) is 9.98. The Kier molecular flexibility index (Phi) is 7.36. The molecule has 7 nitrogen and oxygen atoms in total. The summed E-state index contributed by atoms with van der Waals surface area (Å²) in [7, 11) is 0. The highest BCUT2D eigenvalue weighted by molar-refractivity contribution is 6.06. The van der Waals surface area contributed by atoms with Crippen molar-refractivity contribution < 1.29 is 28.7 Å². The number of ether oxygens (including phenoxy) is 1. The van der Waals surface area contributed by atoms with E-state index in [1.165, 1.54) is 0 Å². The van der Waals surface area contributed by atoms with Crippen molar-refractivity contribution in [3.63, 3.8) is 0 Å². The topological polar surface area (TPSA) is 107 Å². The molecule has 4 atom stereocenters. The van der Waals surface area contributed by atoms with Gasteiger partial charge >= 0.3 is 5.97 Å². The van der Waals surface area contributed by atoms with E-state index in [0.29, 0.717) is 17.9 Å². The monoisotopic (exact) mass is 427 g/mol. The zero-order valence-corrected chi connectivity index (χ0v) is 18.0. The van der Waals surface area contributed by atoms with E-state index < -0.39 is 24.4 Å². The van der Waals surface area contributed by atoms with Gasteiger partial charge in [-0.2, -0.15) is 0 Å². The quantitative estimate of drug-likeness (QED) is 0.310. The van der Waals surface area contributed by atoms with Crippen LogP contribution in [0.3, 0.4) is 0 Å². The minimum Gasteiger partial charge on any atom is -0.461 e. The third-order valence-electron chi connectivity index (χ3n) is 6.19. The number of benzene rings is 1. The molecule has 1 aliphatic heterocycles. The summed E-state index contributed by atoms with van der Waals surface area (Å²) in [5.74, 6) is -2.36. The fourth-order valence-electron chi connectivity index (χ4n) is 4.78. The number of hydrogen-bond acceptors (Lipinski definition) is 6. The van der Waals surface area contributed by atoms with E-state index in [9.17, 15) is 24.0 Å². The lowest BCUT2D eigenvalue weighted by molar-refractivity contribution is -0.156. The molecule has 0 radical (unpaired) electrons. The summed E-state index contributed by atoms with van der Waals surface area (Å²) in [4.78, 5) is 61.5. The van der Waals surface area contributed by atoms with Crippen molar-refractivity contribution in [2.75, 3.05) is 0 Å². The van der Waals surface area contributed by atoms with E-state index in [1.54, 1.807) is 30.3 Å². The molecule has 1 saturated carbocycles. The van der Waals surface area contributed by atoms with E-state index in [4.69, 9.17) is 4.74 Å². The lowest BCUT2D eigenvalue weighted by Crippen LogP contribution is -2.44. The Morgan fingerprint density at radius 1 is 1.03 bits per heavy atom. The SMILES string of the molecule is C[C@@H]1C[C@H](C)C(=O)[C@@H]([C@H](CC2CC(=O)NC(=O)C2)OC(=O)CC(=O)c2ccccc2)C1. The number of carbonyl (C=O) groups is 5. The Morgan fingerprint density at radius 2 is 1.68 bits per heavy atom. The number of esters is 1. The van der Waals surface area contributed by atoms with Crippen molar-refractivity contribution in [3.8, 4) is 0 Å². The van der Waals surface area contributed by atoms with Crippen LogP contribution in [0.4, 0.5) is 0 Å². The molecular weight excluding hydrogens is 398 g/mol. The number of carbonyl (C=O) groups excluding carboxylic acids is 5. The van der Waals surface area contributed by atoms with Gasteiger partial charge < -0.3 is 4.74 Å². The maximum atomic E-state index is 12.9. The van der Waals surface area contributed by atoms with Crippen LogP contribution in [0.15, 0.2) is 30.3 Å². The molecule has 0 bridgehead atoms. The summed E-state index contributed by atoms with van der Waals surface area (Å²) in [6.07, 6.45) is 0.742. The molecule has 1 aromatic carbocycles. The van der Waals surface area contributed by atoms with Crippen LogP contribution in [0, 0.1) is 23.7 Å². The first-order valence-corrected chi connectivity index (χ1v) is 10.9. The highest BCUT2D eigenvalue weighted by Gasteiger charge is 2.41. The number of ketones is 2. The fourth-order valence-corrected chi connectivity index (χ4v) is 4.78. The number of nitrogens with one attached hydrogen (secondary N) is 1. The van der Waals surface area contributed by atoms with Gasteiger partial charge in [0, 0.05) is 24.3 Å². The fraction of sp³-hybridized carbons (Fsp3) is 0.542. The van der Waals surface area contributed by atoms with Crippen molar-refractivity contribution in [1.82, 2.24) is 5.32 Å². The van der Waals surface area contributed by atoms with Gasteiger partial charge in [-0.05, 0) is 31.1 Å². The predicted molar refractivity (Wildman–Crippen MR) is 112 cm³/mol. The van der Waals surface area contributed by atoms with Crippen molar-refractivity contribution in [2.24, 2.45) is 23.7 Å². The molecule has 1 saturated heterocycles. The van der Waals surface area contributed by atoms with Gasteiger partial charge in [-0.15, -0.1) is 0 Å². The molecule has 2 fully saturated rings. The van der Waals surface area contributed by atoms with Crippen LogP contribution in [-0.4, -0.2) is 35.5 Å². The second-order valence-electron chi connectivity index (χ2n) is 8.96. The Balaban J connectivity index is 1.73. The minimum atomic E-state index is -0.752. The Bertz CT molecular complexity index is 848. The maximum Gasteiger partial charge on any atom is 0.313 e. The van der Waals surface area contributed by atoms with Gasteiger partial charge in [-0.3, -0.25) is 29.3 Å². The van der Waals surface area contributed by atoms with E-state index in [1.807, 2.05) is 6.92 Å². The van der Waals surface area contributed by atoms with Crippen LogP contribution in [0.1, 0.15) is 62.7 Å². The first-order chi connectivity index (χ1) is 14.7. The van der Waals surface area contributed by atoms with Gasteiger partial charge in [0.05, 0.1) is 5.92 Å². The molecular formula is C24H29NO6. The molecule has 0 unspecified atom stereocenters. The van der Waals surface area contributed by atoms with Gasteiger partial charge in [0.25, 0.3) is 0 Å². The van der Waals surface area contributed by atoms with Crippen LogP contribution < -0.4 is 5.32 Å². The van der Waals surface area contributed by atoms with Gasteiger partial charge in [0.1, 0.15) is 18.3 Å². The Labute approximate surface area is 181 Å². The second-order valence-corrected chi connectivity index (χ2v) is 8.96. The van der Waals surface area contributed by atoms with E-state index >= 15 is 0 Å². The molecule has 1 aliphatic carbocycles. The smallest absolute Gasteiger partial charge is 0.313 e. The number of piperidine rings is 1. The van der Waals surface area contributed by atoms with Crippen molar-refractivity contribution in [3.05, 3.63) is 35.9 Å². The van der Waals surface area contributed by atoms with Crippen molar-refractivity contribution in [1.29, 1.82) is 0 Å². The normalized spacial score (nSPS) is 25.6. The first kappa shape index (κ1) is 22.8. The lowest BCUT2D eigenvalue weighted by Gasteiger charge is -2.36. The summed E-state index contributed by atoms with van der Waals surface area (Å²) in [5, 5.41) is 2.27. The molecule has 166 valence electrons. The summed E-state index contributed by atoms with van der Waals surface area (Å²) >= 11 is 0. The molecule has 3 rings (SSSR count). The molecule has 0 spiro atoms. The first-order valence-electron chi connectivity index (χ1n) is 10.9. The predicted octanol–water partition coefficient (Wildman–Crippen LogP) is 2.87. The largest absolute Gasteiger partial charge is 0.461 e. The number of hydrogen-bond donors (Lipinski definition) is 1. The zero-order chi connectivity index (χ0) is 22.5. The van der Waals surface area contributed by atoms with Gasteiger partial charge in [0.2, 0.25) is 11.8 Å². The van der Waals surface area contributed by atoms with Gasteiger partial charge in [-0.25, -0.2) is 0 Å². The minimum absolute atomic E-state index is 0.0388. The number of imide groups is 1. The molecule has 2 aliphatic rings. The van der Waals surface area contributed by atoms with Crippen LogP contribution in [-0.2, 0) is 23.9 Å². The summed E-state index contributed by atoms with van der Waals surface area (Å²) in [6.45, 7) is 3.94. The molecule has 7 heteroatoms. The summed E-state index contributed by atoms with van der Waals surface area (Å²) in [5.41, 5.74) is 0.418. The van der Waals surface area contributed by atoms with Gasteiger partial charge in [0.15, 0.2) is 5.78 Å². The molecule has 1 aromatic rings. The van der Waals surface area contributed by atoms with Crippen LogP contribution in [0.5, 0.6) is 0 Å². The van der Waals surface area contributed by atoms with Crippen molar-refractivity contribution in [2.45, 2.75) is 58.5 Å². The molecule has 2 amide bonds. The van der Waals surface area contributed by atoms with Crippen molar-refractivity contribution >= 4 is 29.4 Å². The number of rotatable bonds is 7. The maximum absolute atomic E-state index is 12.9. The summed E-state index contributed by atoms with van der Waals surface area (Å²) < 4.78 is 5.70. The molecule has 1 N–H and O–H groups in total. The van der Waals surface area contributed by atoms with E-state index in [2.05, 4.69) is 12.2 Å². The van der Waals surface area contributed by atoms with Gasteiger partial charge in [-0.1, -0.05) is 44.2 Å². The van der Waals surface area contributed by atoms with E-state index in [0.717, 1.165) is 6.42 Å². The lowest BCUT2D eigenvalue weighted by atomic mass is 9.71. The number of amides is 2.